The Morgan fingerprint density at radius 3 is 2.26 bits per heavy atom. The summed E-state index contributed by atoms with van der Waals surface area (Å²) in [6.07, 6.45) is 2.10. The minimum absolute atomic E-state index is 0.00198. The van der Waals surface area contributed by atoms with E-state index in [1.807, 2.05) is 12.1 Å². The third-order valence-electron chi connectivity index (χ3n) is 3.72. The molecule has 0 aliphatic rings. The molecule has 0 aromatic heterocycles. The summed E-state index contributed by atoms with van der Waals surface area (Å²) in [5.41, 5.74) is 7.37. The molecule has 0 amide bonds. The van der Waals surface area contributed by atoms with Gasteiger partial charge in [-0.2, -0.15) is 0 Å². The van der Waals surface area contributed by atoms with Gasteiger partial charge >= 0.3 is 0 Å². The van der Waals surface area contributed by atoms with Gasteiger partial charge < -0.3 is 5.73 Å². The Labute approximate surface area is 122 Å². The molecule has 0 aliphatic carbocycles. The Hall–Kier alpha value is -0.570. The third kappa shape index (κ3) is 4.48. The van der Waals surface area contributed by atoms with E-state index in [1.165, 1.54) is 5.56 Å². The van der Waals surface area contributed by atoms with Gasteiger partial charge in [-0.1, -0.05) is 30.7 Å². The Bertz CT molecular complexity index is 375. The van der Waals surface area contributed by atoms with Gasteiger partial charge in [0.15, 0.2) is 0 Å². The van der Waals surface area contributed by atoms with Crippen LogP contribution in [0.25, 0.3) is 0 Å². The Morgan fingerprint density at radius 2 is 1.84 bits per heavy atom. The van der Waals surface area contributed by atoms with Crippen molar-refractivity contribution in [2.75, 3.05) is 13.1 Å². The molecule has 19 heavy (non-hydrogen) atoms. The number of benzene rings is 1. The maximum absolute atomic E-state index is 6.09. The quantitative estimate of drug-likeness (QED) is 0.826. The molecule has 108 valence electrons. The lowest BCUT2D eigenvalue weighted by molar-refractivity contribution is 0.0758. The van der Waals surface area contributed by atoms with E-state index in [-0.39, 0.29) is 5.54 Å². The van der Waals surface area contributed by atoms with E-state index in [1.54, 1.807) is 0 Å². The highest BCUT2D eigenvalue weighted by Gasteiger charge is 2.31. The van der Waals surface area contributed by atoms with Crippen LogP contribution in [-0.4, -0.2) is 29.6 Å². The summed E-state index contributed by atoms with van der Waals surface area (Å²) in [5, 5.41) is 0.785. The van der Waals surface area contributed by atoms with Crippen molar-refractivity contribution in [3.63, 3.8) is 0 Å². The van der Waals surface area contributed by atoms with Gasteiger partial charge in [-0.25, -0.2) is 0 Å². The van der Waals surface area contributed by atoms with Crippen molar-refractivity contribution < 1.29 is 0 Å². The van der Waals surface area contributed by atoms with Crippen LogP contribution in [0.5, 0.6) is 0 Å². The first-order valence-electron chi connectivity index (χ1n) is 7.14. The van der Waals surface area contributed by atoms with E-state index in [0.29, 0.717) is 12.6 Å². The average molecular weight is 283 g/mol. The maximum Gasteiger partial charge on any atom is 0.0406 e. The van der Waals surface area contributed by atoms with Crippen molar-refractivity contribution in [1.29, 1.82) is 0 Å². The molecule has 0 saturated carbocycles. The van der Waals surface area contributed by atoms with E-state index in [2.05, 4.69) is 44.7 Å². The zero-order valence-corrected chi connectivity index (χ0v) is 13.4. The molecule has 0 bridgehead atoms. The molecule has 1 unspecified atom stereocenters. The molecule has 0 fully saturated rings. The molecule has 1 aromatic carbocycles. The van der Waals surface area contributed by atoms with E-state index >= 15 is 0 Å². The fourth-order valence-electron chi connectivity index (χ4n) is 2.73. The molecule has 1 rings (SSSR count). The van der Waals surface area contributed by atoms with Crippen LogP contribution in [-0.2, 0) is 6.42 Å². The second-order valence-electron chi connectivity index (χ2n) is 5.79. The fourth-order valence-corrected chi connectivity index (χ4v) is 2.85. The third-order valence-corrected chi connectivity index (χ3v) is 3.97. The molecule has 0 heterocycles. The van der Waals surface area contributed by atoms with Gasteiger partial charge in [0.2, 0.25) is 0 Å². The molecule has 1 atom stereocenters. The molecular weight excluding hydrogens is 256 g/mol. The molecule has 3 heteroatoms. The molecule has 1 aromatic rings. The largest absolute Gasteiger partial charge is 0.329 e. The number of hydrogen-bond donors (Lipinski definition) is 1. The second-order valence-corrected chi connectivity index (χ2v) is 6.23. The van der Waals surface area contributed by atoms with E-state index in [4.69, 9.17) is 17.3 Å². The van der Waals surface area contributed by atoms with Gasteiger partial charge in [0.1, 0.15) is 0 Å². The fraction of sp³-hybridized carbons (Fsp3) is 0.625. The predicted octanol–water partition coefficient (Wildman–Crippen LogP) is 3.72. The van der Waals surface area contributed by atoms with Crippen LogP contribution in [0.3, 0.4) is 0 Å². The number of nitrogens with two attached hydrogens (primary N) is 1. The van der Waals surface area contributed by atoms with Gasteiger partial charge in [-0.05, 0) is 57.9 Å². The number of rotatable bonds is 7. The highest BCUT2D eigenvalue weighted by molar-refractivity contribution is 6.30. The van der Waals surface area contributed by atoms with Gasteiger partial charge in [-0.15, -0.1) is 0 Å². The van der Waals surface area contributed by atoms with Crippen molar-refractivity contribution in [2.45, 2.75) is 52.1 Å². The van der Waals surface area contributed by atoms with Crippen LogP contribution in [0, 0.1) is 0 Å². The molecular formula is C16H27ClN2. The predicted molar refractivity (Wildman–Crippen MR) is 84.7 cm³/mol. The molecule has 0 saturated heterocycles. The Morgan fingerprint density at radius 1 is 1.26 bits per heavy atom. The topological polar surface area (TPSA) is 29.3 Å². The minimum Gasteiger partial charge on any atom is -0.329 e. The van der Waals surface area contributed by atoms with Crippen molar-refractivity contribution in [3.8, 4) is 0 Å². The van der Waals surface area contributed by atoms with Crippen LogP contribution < -0.4 is 5.73 Å². The monoisotopic (exact) mass is 282 g/mol. The Kier molecular flexibility index (Phi) is 6.31. The number of nitrogens with zero attached hydrogens (tertiary/aromatic N) is 1. The lowest BCUT2D eigenvalue weighted by Gasteiger charge is -2.43. The van der Waals surface area contributed by atoms with Gasteiger partial charge in [0, 0.05) is 23.1 Å². The summed E-state index contributed by atoms with van der Waals surface area (Å²) in [6, 6.07) is 8.60. The van der Waals surface area contributed by atoms with Crippen molar-refractivity contribution in [3.05, 3.63) is 34.9 Å². The molecule has 0 spiro atoms. The minimum atomic E-state index is -0.00198. The first kappa shape index (κ1) is 16.5. The number of halogens is 1. The van der Waals surface area contributed by atoms with Gasteiger partial charge in [0.25, 0.3) is 0 Å². The summed E-state index contributed by atoms with van der Waals surface area (Å²) >= 11 is 5.94. The summed E-state index contributed by atoms with van der Waals surface area (Å²) in [6.45, 7) is 10.7. The van der Waals surface area contributed by atoms with E-state index in [0.717, 1.165) is 24.4 Å². The smallest absolute Gasteiger partial charge is 0.0406 e. The van der Waals surface area contributed by atoms with Crippen LogP contribution in [0.15, 0.2) is 24.3 Å². The maximum atomic E-state index is 6.09. The first-order valence-corrected chi connectivity index (χ1v) is 7.52. The lowest BCUT2D eigenvalue weighted by atomic mass is 9.89. The lowest BCUT2D eigenvalue weighted by Crippen LogP contribution is -2.56. The van der Waals surface area contributed by atoms with E-state index in [9.17, 15) is 0 Å². The standard InChI is InChI=1S/C16H27ClN2/c1-5-10-19(13(2)3)16(4,12-18)11-14-6-8-15(17)9-7-14/h6-9,13H,5,10-12,18H2,1-4H3. The highest BCUT2D eigenvalue weighted by Crippen LogP contribution is 2.23. The van der Waals surface area contributed by atoms with Crippen LogP contribution in [0.4, 0.5) is 0 Å². The SMILES string of the molecule is CCCN(C(C)C)C(C)(CN)Cc1ccc(Cl)cc1. The Balaban J connectivity index is 2.91. The molecule has 2 N–H and O–H groups in total. The highest BCUT2D eigenvalue weighted by atomic mass is 35.5. The van der Waals surface area contributed by atoms with Crippen molar-refractivity contribution >= 4 is 11.6 Å². The zero-order valence-electron chi connectivity index (χ0n) is 12.6. The molecule has 0 radical (unpaired) electrons. The summed E-state index contributed by atoms with van der Waals surface area (Å²) in [7, 11) is 0. The summed E-state index contributed by atoms with van der Waals surface area (Å²) in [4.78, 5) is 2.52. The second kappa shape index (κ2) is 7.28. The first-order chi connectivity index (χ1) is 8.92. The van der Waals surface area contributed by atoms with Crippen molar-refractivity contribution in [2.24, 2.45) is 5.73 Å². The van der Waals surface area contributed by atoms with Gasteiger partial charge in [-0.3, -0.25) is 4.90 Å². The van der Waals surface area contributed by atoms with Crippen molar-refractivity contribution in [1.82, 2.24) is 4.90 Å². The molecule has 0 aliphatic heterocycles. The van der Waals surface area contributed by atoms with Crippen LogP contribution in [0.1, 0.15) is 39.7 Å². The normalized spacial score (nSPS) is 14.9. The van der Waals surface area contributed by atoms with E-state index < -0.39 is 0 Å². The molecule has 2 nitrogen and oxygen atoms in total. The summed E-state index contributed by atoms with van der Waals surface area (Å²) in [5.74, 6) is 0. The zero-order chi connectivity index (χ0) is 14.5. The van der Waals surface area contributed by atoms with Gasteiger partial charge in [0.05, 0.1) is 0 Å². The van der Waals surface area contributed by atoms with Crippen LogP contribution in [0.2, 0.25) is 5.02 Å². The van der Waals surface area contributed by atoms with Crippen LogP contribution >= 0.6 is 11.6 Å². The number of hydrogen-bond acceptors (Lipinski definition) is 2. The summed E-state index contributed by atoms with van der Waals surface area (Å²) < 4.78 is 0. The average Bonchev–Trinajstić information content (AvgIpc) is 2.38.